The minimum absolute atomic E-state index is 0.665. The number of halogens is 1. The second kappa shape index (κ2) is 7.01. The first-order valence-corrected chi connectivity index (χ1v) is 8.50. The lowest BCUT2D eigenvalue weighted by Gasteiger charge is -2.19. The van der Waals surface area contributed by atoms with Gasteiger partial charge in [0.15, 0.2) is 0 Å². The number of aromatic nitrogens is 2. The Bertz CT molecular complexity index is 849. The van der Waals surface area contributed by atoms with E-state index in [1.54, 1.807) is 0 Å². The van der Waals surface area contributed by atoms with Crippen LogP contribution in [0.25, 0.3) is 0 Å². The third kappa shape index (κ3) is 3.74. The van der Waals surface area contributed by atoms with Crippen molar-refractivity contribution in [3.63, 3.8) is 0 Å². The number of nitrogens with zero attached hydrogens (tertiary/aromatic N) is 3. The van der Waals surface area contributed by atoms with E-state index in [1.807, 2.05) is 67.4 Å². The van der Waals surface area contributed by atoms with Crippen LogP contribution in [0.15, 0.2) is 59.1 Å². The van der Waals surface area contributed by atoms with E-state index in [9.17, 15) is 0 Å². The molecular weight excluding hydrogens is 364 g/mol. The number of hydrogen-bond donors (Lipinski definition) is 1. The van der Waals surface area contributed by atoms with Gasteiger partial charge < -0.3 is 10.2 Å². The summed E-state index contributed by atoms with van der Waals surface area (Å²) in [6.07, 6.45) is 0. The minimum atomic E-state index is 0.665. The van der Waals surface area contributed by atoms with Gasteiger partial charge in [-0.2, -0.15) is 4.98 Å². The molecule has 0 unspecified atom stereocenters. The fourth-order valence-electron chi connectivity index (χ4n) is 2.44. The van der Waals surface area contributed by atoms with Crippen LogP contribution >= 0.6 is 15.9 Å². The van der Waals surface area contributed by atoms with Crippen molar-refractivity contribution in [1.29, 1.82) is 0 Å². The molecule has 0 saturated heterocycles. The lowest BCUT2D eigenvalue weighted by atomic mass is 10.2. The quantitative estimate of drug-likeness (QED) is 0.658. The number of rotatable bonds is 4. The van der Waals surface area contributed by atoms with E-state index < -0.39 is 0 Å². The number of benzene rings is 2. The summed E-state index contributed by atoms with van der Waals surface area (Å²) in [4.78, 5) is 11.2. The second-order valence-corrected chi connectivity index (χ2v) is 6.59. The van der Waals surface area contributed by atoms with E-state index in [0.717, 1.165) is 32.9 Å². The molecule has 0 aliphatic rings. The van der Waals surface area contributed by atoms with E-state index in [2.05, 4.69) is 44.2 Å². The third-order valence-corrected chi connectivity index (χ3v) is 4.23. The summed E-state index contributed by atoms with van der Waals surface area (Å²) in [5, 5.41) is 3.39. The van der Waals surface area contributed by atoms with E-state index in [1.165, 1.54) is 0 Å². The van der Waals surface area contributed by atoms with Gasteiger partial charge in [0.05, 0.1) is 0 Å². The first-order chi connectivity index (χ1) is 11.5. The first-order valence-electron chi connectivity index (χ1n) is 7.70. The SMILES string of the molecule is Cc1cc(Nc2ccc(Br)cc2C)nc(N(C)c2ccccc2)n1. The van der Waals surface area contributed by atoms with Crippen LogP contribution in [0.2, 0.25) is 0 Å². The molecule has 0 atom stereocenters. The number of para-hydroxylation sites is 1. The van der Waals surface area contributed by atoms with Gasteiger partial charge in [-0.05, 0) is 49.7 Å². The average molecular weight is 383 g/mol. The summed E-state index contributed by atoms with van der Waals surface area (Å²) in [7, 11) is 1.97. The fraction of sp³-hybridized carbons (Fsp3) is 0.158. The normalized spacial score (nSPS) is 10.5. The fourth-order valence-corrected chi connectivity index (χ4v) is 2.91. The zero-order valence-electron chi connectivity index (χ0n) is 13.9. The molecule has 122 valence electrons. The lowest BCUT2D eigenvalue weighted by Crippen LogP contribution is -2.14. The number of nitrogens with one attached hydrogen (secondary N) is 1. The highest BCUT2D eigenvalue weighted by Gasteiger charge is 2.10. The Hall–Kier alpha value is -2.40. The molecule has 0 radical (unpaired) electrons. The van der Waals surface area contributed by atoms with Crippen molar-refractivity contribution in [2.24, 2.45) is 0 Å². The molecule has 3 rings (SSSR count). The van der Waals surface area contributed by atoms with E-state index in [-0.39, 0.29) is 0 Å². The van der Waals surface area contributed by atoms with Crippen molar-refractivity contribution in [3.05, 3.63) is 70.3 Å². The maximum absolute atomic E-state index is 4.66. The average Bonchev–Trinajstić information content (AvgIpc) is 2.57. The summed E-state index contributed by atoms with van der Waals surface area (Å²) in [5.41, 5.74) is 4.15. The molecule has 3 aromatic rings. The summed E-state index contributed by atoms with van der Waals surface area (Å²) >= 11 is 3.49. The van der Waals surface area contributed by atoms with Crippen molar-refractivity contribution in [3.8, 4) is 0 Å². The Labute approximate surface area is 150 Å². The van der Waals surface area contributed by atoms with Crippen LogP contribution in [0, 0.1) is 13.8 Å². The Kier molecular flexibility index (Phi) is 4.81. The van der Waals surface area contributed by atoms with Gasteiger partial charge in [0.25, 0.3) is 0 Å². The lowest BCUT2D eigenvalue weighted by molar-refractivity contribution is 1.02. The van der Waals surface area contributed by atoms with Gasteiger partial charge >= 0.3 is 0 Å². The van der Waals surface area contributed by atoms with Gasteiger partial charge in [0.2, 0.25) is 5.95 Å². The molecule has 5 heteroatoms. The van der Waals surface area contributed by atoms with Gasteiger partial charge in [-0.3, -0.25) is 0 Å². The van der Waals surface area contributed by atoms with Crippen LogP contribution in [-0.4, -0.2) is 17.0 Å². The zero-order valence-corrected chi connectivity index (χ0v) is 15.5. The largest absolute Gasteiger partial charge is 0.340 e. The molecule has 0 aliphatic carbocycles. The van der Waals surface area contributed by atoms with Crippen molar-refractivity contribution >= 4 is 39.1 Å². The number of aryl methyl sites for hydroxylation is 2. The van der Waals surface area contributed by atoms with Crippen molar-refractivity contribution in [1.82, 2.24) is 9.97 Å². The van der Waals surface area contributed by atoms with Gasteiger partial charge in [0, 0.05) is 34.7 Å². The highest BCUT2D eigenvalue weighted by Crippen LogP contribution is 2.26. The highest BCUT2D eigenvalue weighted by atomic mass is 79.9. The molecule has 0 aliphatic heterocycles. The van der Waals surface area contributed by atoms with Crippen molar-refractivity contribution in [2.45, 2.75) is 13.8 Å². The summed E-state index contributed by atoms with van der Waals surface area (Å²) in [5.74, 6) is 1.45. The zero-order chi connectivity index (χ0) is 17.1. The maximum Gasteiger partial charge on any atom is 0.231 e. The monoisotopic (exact) mass is 382 g/mol. The molecule has 2 aromatic carbocycles. The minimum Gasteiger partial charge on any atom is -0.340 e. The van der Waals surface area contributed by atoms with Crippen LogP contribution in [0.1, 0.15) is 11.3 Å². The van der Waals surface area contributed by atoms with E-state index in [0.29, 0.717) is 5.95 Å². The second-order valence-electron chi connectivity index (χ2n) is 5.67. The first kappa shape index (κ1) is 16.5. The molecular formula is C19H19BrN4. The van der Waals surface area contributed by atoms with Crippen LogP contribution < -0.4 is 10.2 Å². The van der Waals surface area contributed by atoms with E-state index >= 15 is 0 Å². The number of hydrogen-bond acceptors (Lipinski definition) is 4. The highest BCUT2D eigenvalue weighted by molar-refractivity contribution is 9.10. The Morgan fingerprint density at radius 2 is 1.71 bits per heavy atom. The molecule has 24 heavy (non-hydrogen) atoms. The van der Waals surface area contributed by atoms with Crippen LogP contribution in [0.3, 0.4) is 0 Å². The summed E-state index contributed by atoms with van der Waals surface area (Å²) in [6, 6.07) is 18.2. The molecule has 1 aromatic heterocycles. The Balaban J connectivity index is 1.91. The molecule has 1 heterocycles. The third-order valence-electron chi connectivity index (χ3n) is 3.74. The molecule has 0 spiro atoms. The molecule has 0 fully saturated rings. The van der Waals surface area contributed by atoms with Crippen LogP contribution in [0.5, 0.6) is 0 Å². The molecule has 0 bridgehead atoms. The Morgan fingerprint density at radius 3 is 2.42 bits per heavy atom. The molecule has 0 saturated carbocycles. The molecule has 1 N–H and O–H groups in total. The Morgan fingerprint density at radius 1 is 0.958 bits per heavy atom. The van der Waals surface area contributed by atoms with Crippen molar-refractivity contribution < 1.29 is 0 Å². The van der Waals surface area contributed by atoms with Gasteiger partial charge in [-0.15, -0.1) is 0 Å². The van der Waals surface area contributed by atoms with Gasteiger partial charge in [-0.25, -0.2) is 4.98 Å². The predicted octanol–water partition coefficient (Wildman–Crippen LogP) is 5.37. The predicted molar refractivity (Wildman–Crippen MR) is 103 cm³/mol. The summed E-state index contributed by atoms with van der Waals surface area (Å²) in [6.45, 7) is 4.04. The topological polar surface area (TPSA) is 41.1 Å². The van der Waals surface area contributed by atoms with E-state index in [4.69, 9.17) is 0 Å². The molecule has 0 amide bonds. The van der Waals surface area contributed by atoms with Crippen LogP contribution in [0.4, 0.5) is 23.1 Å². The summed E-state index contributed by atoms with van der Waals surface area (Å²) < 4.78 is 1.06. The maximum atomic E-state index is 4.66. The standard InChI is InChI=1S/C19H19BrN4/c1-13-11-15(20)9-10-17(13)22-18-12-14(2)21-19(23-18)24(3)16-7-5-4-6-8-16/h4-12H,1-3H3,(H,21,22,23). The van der Waals surface area contributed by atoms with Crippen LogP contribution in [-0.2, 0) is 0 Å². The smallest absolute Gasteiger partial charge is 0.231 e. The van der Waals surface area contributed by atoms with Gasteiger partial charge in [-0.1, -0.05) is 34.1 Å². The molecule has 4 nitrogen and oxygen atoms in total. The number of anilines is 4. The van der Waals surface area contributed by atoms with Crippen molar-refractivity contribution in [2.75, 3.05) is 17.3 Å². The van der Waals surface area contributed by atoms with Gasteiger partial charge in [0.1, 0.15) is 5.82 Å².